The second-order valence-corrected chi connectivity index (χ2v) is 8.67. The van der Waals surface area contributed by atoms with Crippen LogP contribution in [0.25, 0.3) is 11.5 Å². The van der Waals surface area contributed by atoms with Gasteiger partial charge in [-0.2, -0.15) is 0 Å². The van der Waals surface area contributed by atoms with Crippen LogP contribution in [0, 0.1) is 6.92 Å². The molecule has 0 aliphatic heterocycles. The third-order valence-electron chi connectivity index (χ3n) is 5.14. The first kappa shape index (κ1) is 20.4. The number of nitrogens with zero attached hydrogens (tertiary/aromatic N) is 4. The zero-order valence-electron chi connectivity index (χ0n) is 17.6. The fourth-order valence-electron chi connectivity index (χ4n) is 3.48. The highest BCUT2D eigenvalue weighted by molar-refractivity contribution is 5.68. The summed E-state index contributed by atoms with van der Waals surface area (Å²) in [6.45, 7) is 8.91. The molecule has 1 N–H and O–H groups in total. The first-order valence-corrected chi connectivity index (χ1v) is 10.0. The molecule has 2 aromatic rings. The van der Waals surface area contributed by atoms with Gasteiger partial charge in [0.05, 0.1) is 6.04 Å². The minimum Gasteiger partial charge on any atom is -0.348 e. The van der Waals surface area contributed by atoms with Crippen LogP contribution in [-0.2, 0) is 17.6 Å². The smallest absolute Gasteiger partial charge is 0.180 e. The third kappa shape index (κ3) is 4.73. The van der Waals surface area contributed by atoms with E-state index < -0.39 is 0 Å². The number of aldehydes is 1. The van der Waals surface area contributed by atoms with Crippen molar-refractivity contribution in [1.29, 1.82) is 0 Å². The molecule has 2 heterocycles. The molecule has 28 heavy (non-hydrogen) atoms. The van der Waals surface area contributed by atoms with Crippen LogP contribution < -0.4 is 10.2 Å². The van der Waals surface area contributed by atoms with Gasteiger partial charge < -0.3 is 15.0 Å². The number of rotatable bonds is 6. The topological polar surface area (TPSA) is 71.0 Å². The molecule has 1 aliphatic carbocycles. The van der Waals surface area contributed by atoms with Gasteiger partial charge in [-0.15, -0.1) is 0 Å². The Hall–Kier alpha value is -2.34. The fourth-order valence-corrected chi connectivity index (χ4v) is 3.48. The average molecular weight is 382 g/mol. The number of fused-ring (bicyclic) bond motifs is 1. The fraction of sp³-hybridized carbons (Fsp3) is 0.545. The molecule has 1 aliphatic rings. The summed E-state index contributed by atoms with van der Waals surface area (Å²) in [7, 11) is 1.95. The van der Waals surface area contributed by atoms with Gasteiger partial charge in [0, 0.05) is 36.6 Å². The number of carbonyl (C=O) groups excluding carboxylic acids is 1. The summed E-state index contributed by atoms with van der Waals surface area (Å²) >= 11 is 0. The molecule has 0 amide bonds. The van der Waals surface area contributed by atoms with Gasteiger partial charge in [-0.25, -0.2) is 9.97 Å². The zero-order chi connectivity index (χ0) is 20.3. The predicted octanol–water partition coefficient (Wildman–Crippen LogP) is 3.12. The summed E-state index contributed by atoms with van der Waals surface area (Å²) in [5.74, 6) is 1.50. The maximum Gasteiger partial charge on any atom is 0.180 e. The van der Waals surface area contributed by atoms with Crippen LogP contribution in [-0.4, -0.2) is 46.4 Å². The lowest BCUT2D eigenvalue weighted by Crippen LogP contribution is -2.48. The number of aryl methyl sites for hydroxylation is 2. The van der Waals surface area contributed by atoms with Gasteiger partial charge in [-0.1, -0.05) is 0 Å². The van der Waals surface area contributed by atoms with Crippen LogP contribution in [0.5, 0.6) is 0 Å². The zero-order valence-corrected chi connectivity index (χ0v) is 17.6. The van der Waals surface area contributed by atoms with E-state index in [4.69, 9.17) is 9.97 Å². The number of nitrogens with one attached hydrogen (secondary N) is 1. The van der Waals surface area contributed by atoms with Gasteiger partial charge in [0.1, 0.15) is 17.8 Å². The Morgan fingerprint density at radius 3 is 2.68 bits per heavy atom. The molecular weight excluding hydrogens is 350 g/mol. The van der Waals surface area contributed by atoms with E-state index in [1.807, 2.05) is 31.0 Å². The van der Waals surface area contributed by atoms with E-state index in [0.717, 1.165) is 54.7 Å². The summed E-state index contributed by atoms with van der Waals surface area (Å²) in [6.07, 6.45) is 6.96. The van der Waals surface area contributed by atoms with Crippen LogP contribution in [0.15, 0.2) is 18.3 Å². The predicted molar refractivity (Wildman–Crippen MR) is 113 cm³/mol. The van der Waals surface area contributed by atoms with Crippen LogP contribution in [0.3, 0.4) is 0 Å². The number of carbonyl (C=O) groups is 1. The van der Waals surface area contributed by atoms with Crippen LogP contribution in [0.2, 0.25) is 0 Å². The van der Waals surface area contributed by atoms with Crippen molar-refractivity contribution in [3.63, 3.8) is 0 Å². The summed E-state index contributed by atoms with van der Waals surface area (Å²) in [5, 5.41) is 3.43. The second kappa shape index (κ2) is 8.35. The molecule has 0 saturated heterocycles. The highest BCUT2D eigenvalue weighted by Gasteiger charge is 2.25. The summed E-state index contributed by atoms with van der Waals surface area (Å²) in [6, 6.07) is 3.68. The van der Waals surface area contributed by atoms with Crippen molar-refractivity contribution in [3.05, 3.63) is 35.2 Å². The van der Waals surface area contributed by atoms with E-state index in [0.29, 0.717) is 12.4 Å². The number of hydrogen-bond donors (Lipinski definition) is 1. The van der Waals surface area contributed by atoms with Gasteiger partial charge in [0.15, 0.2) is 5.82 Å². The van der Waals surface area contributed by atoms with Crippen molar-refractivity contribution in [1.82, 2.24) is 20.3 Å². The van der Waals surface area contributed by atoms with Crippen LogP contribution in [0.1, 0.15) is 50.4 Å². The van der Waals surface area contributed by atoms with E-state index >= 15 is 0 Å². The average Bonchev–Trinajstić information content (AvgIpc) is 2.66. The Kier molecular flexibility index (Phi) is 6.08. The highest BCUT2D eigenvalue weighted by atomic mass is 16.1. The quantitative estimate of drug-likeness (QED) is 0.775. The molecule has 0 saturated carbocycles. The molecule has 1 unspecified atom stereocenters. The summed E-state index contributed by atoms with van der Waals surface area (Å²) < 4.78 is 0. The van der Waals surface area contributed by atoms with Crippen molar-refractivity contribution in [2.45, 2.75) is 65.0 Å². The van der Waals surface area contributed by atoms with E-state index in [1.165, 1.54) is 5.56 Å². The van der Waals surface area contributed by atoms with Crippen LogP contribution >= 0.6 is 0 Å². The molecule has 6 nitrogen and oxygen atoms in total. The number of hydrogen-bond acceptors (Lipinski definition) is 6. The van der Waals surface area contributed by atoms with Crippen molar-refractivity contribution in [2.75, 3.05) is 18.5 Å². The number of aromatic nitrogens is 3. The van der Waals surface area contributed by atoms with Crippen molar-refractivity contribution in [3.8, 4) is 11.5 Å². The van der Waals surface area contributed by atoms with E-state index in [9.17, 15) is 4.79 Å². The molecule has 6 heteroatoms. The summed E-state index contributed by atoms with van der Waals surface area (Å²) in [4.78, 5) is 28.0. The molecular formula is C22H31N5O. The molecule has 0 bridgehead atoms. The minimum absolute atomic E-state index is 0.0517. The maximum absolute atomic E-state index is 11.9. The van der Waals surface area contributed by atoms with Crippen LogP contribution in [0.4, 0.5) is 5.82 Å². The largest absolute Gasteiger partial charge is 0.348 e. The molecule has 1 atom stereocenters. The van der Waals surface area contributed by atoms with E-state index in [-0.39, 0.29) is 11.6 Å². The molecule has 0 fully saturated rings. The SMILES string of the molecule is Cc1ccnc(-c2nc3c(c(N(C)C(C=O)CNC(C)(C)C)n2)CCCC3)c1. The first-order valence-electron chi connectivity index (χ1n) is 10.0. The normalized spacial score (nSPS) is 15.0. The van der Waals surface area contributed by atoms with Crippen molar-refractivity contribution >= 4 is 12.1 Å². The first-order chi connectivity index (χ1) is 13.3. The van der Waals surface area contributed by atoms with Gasteiger partial charge >= 0.3 is 0 Å². The maximum atomic E-state index is 11.9. The lowest BCUT2D eigenvalue weighted by atomic mass is 9.95. The standard InChI is InChI=1S/C22H31N5O/c1-15-10-11-23-19(12-15)20-25-18-9-7-6-8-17(18)21(26-20)27(5)16(14-28)13-24-22(2,3)4/h10-12,14,16,24H,6-9,13H2,1-5H3. The Bertz CT molecular complexity index is 843. The lowest BCUT2D eigenvalue weighted by molar-refractivity contribution is -0.108. The monoisotopic (exact) mass is 381 g/mol. The number of likely N-dealkylation sites (N-methyl/N-ethyl adjacent to an activating group) is 1. The third-order valence-corrected chi connectivity index (χ3v) is 5.14. The summed E-state index contributed by atoms with van der Waals surface area (Å²) in [5.41, 5.74) is 4.12. The Balaban J connectivity index is 2.00. The Labute approximate surface area is 167 Å². The number of pyridine rings is 1. The molecule has 0 aromatic carbocycles. The second-order valence-electron chi connectivity index (χ2n) is 8.67. The van der Waals surface area contributed by atoms with Gasteiger partial charge in [-0.3, -0.25) is 4.98 Å². The number of anilines is 1. The minimum atomic E-state index is -0.293. The highest BCUT2D eigenvalue weighted by Crippen LogP contribution is 2.30. The van der Waals surface area contributed by atoms with Gasteiger partial charge in [-0.05, 0) is 71.1 Å². The molecule has 0 radical (unpaired) electrons. The molecule has 150 valence electrons. The molecule has 3 rings (SSSR count). The van der Waals surface area contributed by atoms with E-state index in [2.05, 4.69) is 31.1 Å². The molecule has 2 aromatic heterocycles. The molecule has 0 spiro atoms. The van der Waals surface area contributed by atoms with Gasteiger partial charge in [0.25, 0.3) is 0 Å². The lowest BCUT2D eigenvalue weighted by Gasteiger charge is -2.31. The Morgan fingerprint density at radius 1 is 1.25 bits per heavy atom. The van der Waals surface area contributed by atoms with Crippen molar-refractivity contribution in [2.24, 2.45) is 0 Å². The Morgan fingerprint density at radius 2 is 2.00 bits per heavy atom. The van der Waals surface area contributed by atoms with E-state index in [1.54, 1.807) is 6.20 Å². The van der Waals surface area contributed by atoms with Gasteiger partial charge in [0.2, 0.25) is 0 Å². The van der Waals surface area contributed by atoms with Crippen molar-refractivity contribution < 1.29 is 4.79 Å².